The van der Waals surface area contributed by atoms with Crippen molar-refractivity contribution in [1.29, 1.82) is 0 Å². The lowest BCUT2D eigenvalue weighted by atomic mass is 10.1. The number of carbonyl (C=O) groups is 3. The normalized spacial score (nSPS) is 12.7. The largest absolute Gasteiger partial charge is 0.493 e. The predicted octanol–water partition coefficient (Wildman–Crippen LogP) is 2.74. The van der Waals surface area contributed by atoms with Crippen LogP contribution in [0.15, 0.2) is 42.5 Å². The number of nitrogens with zero attached hydrogens (tertiary/aromatic N) is 2. The monoisotopic (exact) mass is 396 g/mol. The molecule has 7 nitrogen and oxygen atoms in total. The van der Waals surface area contributed by atoms with Crippen molar-refractivity contribution in [1.82, 2.24) is 9.80 Å². The van der Waals surface area contributed by atoms with Crippen molar-refractivity contribution >= 4 is 17.7 Å². The summed E-state index contributed by atoms with van der Waals surface area (Å²) in [6.07, 6.45) is 0. The van der Waals surface area contributed by atoms with Crippen LogP contribution in [-0.4, -0.2) is 54.3 Å². The summed E-state index contributed by atoms with van der Waals surface area (Å²) >= 11 is 0. The highest BCUT2D eigenvalue weighted by atomic mass is 16.5. The van der Waals surface area contributed by atoms with Crippen molar-refractivity contribution in [3.05, 3.63) is 59.2 Å². The van der Waals surface area contributed by atoms with Gasteiger partial charge in [-0.2, -0.15) is 0 Å². The molecule has 1 aliphatic rings. The number of benzene rings is 2. The highest BCUT2D eigenvalue weighted by molar-refractivity contribution is 6.22. The van der Waals surface area contributed by atoms with Crippen LogP contribution < -0.4 is 9.47 Å². The first-order valence-corrected chi connectivity index (χ1v) is 9.52. The summed E-state index contributed by atoms with van der Waals surface area (Å²) in [5, 5.41) is 0. The van der Waals surface area contributed by atoms with Crippen molar-refractivity contribution < 1.29 is 23.9 Å². The fourth-order valence-electron chi connectivity index (χ4n) is 3.30. The first kappa shape index (κ1) is 20.4. The molecule has 0 radical (unpaired) electrons. The van der Waals surface area contributed by atoms with Crippen LogP contribution >= 0.6 is 0 Å². The second-order valence-electron chi connectivity index (χ2n) is 6.57. The maximum absolute atomic E-state index is 12.8. The molecule has 0 atom stereocenters. The zero-order chi connectivity index (χ0) is 21.0. The number of amides is 3. The summed E-state index contributed by atoms with van der Waals surface area (Å²) in [5.74, 6) is 0.0673. The SMILES string of the molecule is CCOc1ccc(CN(CC)C(=O)CN2C(=O)c3ccccc3C2=O)cc1OC. The van der Waals surface area contributed by atoms with Crippen molar-refractivity contribution in [2.45, 2.75) is 20.4 Å². The van der Waals surface area contributed by atoms with Gasteiger partial charge in [0.1, 0.15) is 6.54 Å². The van der Waals surface area contributed by atoms with Crippen LogP contribution in [0.3, 0.4) is 0 Å². The Morgan fingerprint density at radius 3 is 2.21 bits per heavy atom. The van der Waals surface area contributed by atoms with Gasteiger partial charge in [-0.15, -0.1) is 0 Å². The van der Waals surface area contributed by atoms with E-state index in [2.05, 4.69) is 0 Å². The fraction of sp³-hybridized carbons (Fsp3) is 0.318. The molecule has 0 saturated carbocycles. The van der Waals surface area contributed by atoms with E-state index < -0.39 is 11.8 Å². The molecule has 3 rings (SSSR count). The Morgan fingerprint density at radius 2 is 1.66 bits per heavy atom. The number of imide groups is 1. The Hall–Kier alpha value is -3.35. The highest BCUT2D eigenvalue weighted by Crippen LogP contribution is 2.28. The molecule has 0 aromatic heterocycles. The standard InChI is InChI=1S/C22H24N2O5/c1-4-23(13-15-10-11-18(29-5-2)19(12-15)28-3)20(25)14-24-21(26)16-8-6-7-9-17(16)22(24)27/h6-12H,4-5,13-14H2,1-3H3. The van der Waals surface area contributed by atoms with Gasteiger partial charge in [0, 0.05) is 13.1 Å². The van der Waals surface area contributed by atoms with Gasteiger partial charge in [0.15, 0.2) is 11.5 Å². The van der Waals surface area contributed by atoms with Gasteiger partial charge in [-0.05, 0) is 43.7 Å². The number of likely N-dealkylation sites (N-methyl/N-ethyl adjacent to an activating group) is 1. The number of ether oxygens (including phenoxy) is 2. The number of hydrogen-bond donors (Lipinski definition) is 0. The molecule has 2 aromatic rings. The minimum Gasteiger partial charge on any atom is -0.493 e. The molecule has 0 bridgehead atoms. The van der Waals surface area contributed by atoms with Gasteiger partial charge in [-0.25, -0.2) is 0 Å². The zero-order valence-corrected chi connectivity index (χ0v) is 16.8. The highest BCUT2D eigenvalue weighted by Gasteiger charge is 2.36. The average molecular weight is 396 g/mol. The number of methoxy groups -OCH3 is 1. The van der Waals surface area contributed by atoms with E-state index in [0.29, 0.717) is 42.3 Å². The summed E-state index contributed by atoms with van der Waals surface area (Å²) in [4.78, 5) is 40.4. The first-order chi connectivity index (χ1) is 14.0. The lowest BCUT2D eigenvalue weighted by molar-refractivity contribution is -0.131. The summed E-state index contributed by atoms with van der Waals surface area (Å²) in [6.45, 7) is 4.76. The van der Waals surface area contributed by atoms with Crippen molar-refractivity contribution in [3.63, 3.8) is 0 Å². The molecular weight excluding hydrogens is 372 g/mol. The van der Waals surface area contributed by atoms with E-state index in [1.54, 1.807) is 42.3 Å². The lowest BCUT2D eigenvalue weighted by Gasteiger charge is -2.24. The molecule has 2 aromatic carbocycles. The van der Waals surface area contributed by atoms with Crippen molar-refractivity contribution in [2.24, 2.45) is 0 Å². The maximum Gasteiger partial charge on any atom is 0.262 e. The third-order valence-electron chi connectivity index (χ3n) is 4.81. The predicted molar refractivity (Wildman–Crippen MR) is 107 cm³/mol. The summed E-state index contributed by atoms with van der Waals surface area (Å²) in [5.41, 5.74) is 1.54. The topological polar surface area (TPSA) is 76.2 Å². The second kappa shape index (κ2) is 8.77. The van der Waals surface area contributed by atoms with E-state index in [4.69, 9.17) is 9.47 Å². The number of carbonyl (C=O) groups excluding carboxylic acids is 3. The smallest absolute Gasteiger partial charge is 0.262 e. The van der Waals surface area contributed by atoms with E-state index >= 15 is 0 Å². The van der Waals surface area contributed by atoms with Gasteiger partial charge >= 0.3 is 0 Å². The van der Waals surface area contributed by atoms with Crippen LogP contribution in [0, 0.1) is 0 Å². The second-order valence-corrected chi connectivity index (χ2v) is 6.57. The Balaban J connectivity index is 1.72. The van der Waals surface area contributed by atoms with Gasteiger partial charge in [-0.3, -0.25) is 19.3 Å². The number of rotatable bonds is 8. The van der Waals surface area contributed by atoms with E-state index in [-0.39, 0.29) is 12.5 Å². The van der Waals surface area contributed by atoms with Crippen LogP contribution in [0.1, 0.15) is 40.1 Å². The Labute approximate surface area is 169 Å². The first-order valence-electron chi connectivity index (χ1n) is 9.52. The molecule has 0 spiro atoms. The van der Waals surface area contributed by atoms with Gasteiger partial charge in [0.2, 0.25) is 5.91 Å². The third-order valence-corrected chi connectivity index (χ3v) is 4.81. The van der Waals surface area contributed by atoms with E-state index in [1.165, 1.54) is 0 Å². The van der Waals surface area contributed by atoms with Crippen molar-refractivity contribution in [3.8, 4) is 11.5 Å². The van der Waals surface area contributed by atoms with Crippen LogP contribution in [0.2, 0.25) is 0 Å². The molecule has 0 unspecified atom stereocenters. The molecule has 0 saturated heterocycles. The third kappa shape index (κ3) is 4.08. The van der Waals surface area contributed by atoms with E-state index in [9.17, 15) is 14.4 Å². The van der Waals surface area contributed by atoms with Crippen LogP contribution in [0.25, 0.3) is 0 Å². The van der Waals surface area contributed by atoms with Gasteiger partial charge in [-0.1, -0.05) is 18.2 Å². The Bertz CT molecular complexity index is 906. The fourth-order valence-corrected chi connectivity index (χ4v) is 3.30. The molecule has 1 heterocycles. The summed E-state index contributed by atoms with van der Waals surface area (Å²) in [6, 6.07) is 12.1. The summed E-state index contributed by atoms with van der Waals surface area (Å²) < 4.78 is 10.9. The Morgan fingerprint density at radius 1 is 1.00 bits per heavy atom. The average Bonchev–Trinajstić information content (AvgIpc) is 2.98. The maximum atomic E-state index is 12.8. The minimum atomic E-state index is -0.433. The molecule has 0 aliphatic carbocycles. The van der Waals surface area contributed by atoms with E-state index in [0.717, 1.165) is 10.5 Å². The molecular formula is C22H24N2O5. The molecule has 29 heavy (non-hydrogen) atoms. The number of hydrogen-bond acceptors (Lipinski definition) is 5. The molecule has 0 N–H and O–H groups in total. The minimum absolute atomic E-state index is 0.283. The molecule has 7 heteroatoms. The van der Waals surface area contributed by atoms with Crippen molar-refractivity contribution in [2.75, 3.05) is 26.8 Å². The Kier molecular flexibility index (Phi) is 6.16. The van der Waals surface area contributed by atoms with Gasteiger partial charge < -0.3 is 14.4 Å². The molecule has 3 amide bonds. The van der Waals surface area contributed by atoms with Gasteiger partial charge in [0.25, 0.3) is 11.8 Å². The van der Waals surface area contributed by atoms with Crippen LogP contribution in [0.5, 0.6) is 11.5 Å². The molecule has 1 aliphatic heterocycles. The van der Waals surface area contributed by atoms with Crippen LogP contribution in [-0.2, 0) is 11.3 Å². The number of fused-ring (bicyclic) bond motifs is 1. The van der Waals surface area contributed by atoms with E-state index in [1.807, 2.05) is 26.0 Å². The quantitative estimate of drug-likeness (QED) is 0.642. The molecule has 152 valence electrons. The summed E-state index contributed by atoms with van der Waals surface area (Å²) in [7, 11) is 1.56. The molecule has 0 fully saturated rings. The van der Waals surface area contributed by atoms with Crippen LogP contribution in [0.4, 0.5) is 0 Å². The zero-order valence-electron chi connectivity index (χ0n) is 16.8. The van der Waals surface area contributed by atoms with Gasteiger partial charge in [0.05, 0.1) is 24.8 Å². The lowest BCUT2D eigenvalue weighted by Crippen LogP contribution is -2.42.